The quantitative estimate of drug-likeness (QED) is 0.574. The summed E-state index contributed by atoms with van der Waals surface area (Å²) in [5.41, 5.74) is 0. The third kappa shape index (κ3) is 6.90. The first-order chi connectivity index (χ1) is 6.97. The van der Waals surface area contributed by atoms with E-state index in [0.717, 1.165) is 6.54 Å². The summed E-state index contributed by atoms with van der Waals surface area (Å²) in [5.74, 6) is -0.925. The van der Waals surface area contributed by atoms with Crippen LogP contribution in [0.2, 0.25) is 0 Å². The van der Waals surface area contributed by atoms with Crippen molar-refractivity contribution in [3.05, 3.63) is 0 Å². The van der Waals surface area contributed by atoms with E-state index in [4.69, 9.17) is 5.11 Å². The number of hydrogen-bond donors (Lipinski definition) is 3. The molecule has 0 aliphatic heterocycles. The molecule has 0 fully saturated rings. The Kier molecular flexibility index (Phi) is 6.70. The van der Waals surface area contributed by atoms with E-state index in [1.54, 1.807) is 13.8 Å². The Morgan fingerprint density at radius 2 is 1.93 bits per heavy atom. The van der Waals surface area contributed by atoms with Gasteiger partial charge in [0.1, 0.15) is 0 Å². The number of likely N-dealkylation sites (N-methyl/N-ethyl adjacent to an activating group) is 1. The summed E-state index contributed by atoms with van der Waals surface area (Å²) in [7, 11) is 0. The first-order valence-electron chi connectivity index (χ1n) is 5.23. The van der Waals surface area contributed by atoms with Crippen LogP contribution in [0.4, 0.5) is 0 Å². The van der Waals surface area contributed by atoms with Crippen molar-refractivity contribution < 1.29 is 14.7 Å². The first kappa shape index (κ1) is 13.9. The van der Waals surface area contributed by atoms with Crippen molar-refractivity contribution in [3.63, 3.8) is 0 Å². The fourth-order valence-electron chi connectivity index (χ4n) is 1.18. The van der Waals surface area contributed by atoms with Crippen LogP contribution in [0.15, 0.2) is 0 Å². The van der Waals surface area contributed by atoms with Crippen molar-refractivity contribution in [2.24, 2.45) is 0 Å². The fourth-order valence-corrected chi connectivity index (χ4v) is 1.18. The highest BCUT2D eigenvalue weighted by molar-refractivity contribution is 5.81. The smallest absolute Gasteiger partial charge is 0.303 e. The van der Waals surface area contributed by atoms with Gasteiger partial charge in [-0.25, -0.2) is 0 Å². The molecule has 0 aliphatic rings. The first-order valence-corrected chi connectivity index (χ1v) is 5.23. The number of amides is 1. The lowest BCUT2D eigenvalue weighted by molar-refractivity contribution is -0.137. The predicted molar refractivity (Wildman–Crippen MR) is 57.6 cm³/mol. The van der Waals surface area contributed by atoms with Gasteiger partial charge in [0, 0.05) is 12.5 Å². The molecule has 0 heterocycles. The Morgan fingerprint density at radius 3 is 2.40 bits per heavy atom. The van der Waals surface area contributed by atoms with Gasteiger partial charge in [0.25, 0.3) is 0 Å². The highest BCUT2D eigenvalue weighted by atomic mass is 16.4. The Hall–Kier alpha value is -1.10. The summed E-state index contributed by atoms with van der Waals surface area (Å²) in [6.45, 7) is 6.25. The second kappa shape index (κ2) is 7.23. The van der Waals surface area contributed by atoms with E-state index in [1.807, 2.05) is 6.92 Å². The normalized spacial score (nSPS) is 14.3. The van der Waals surface area contributed by atoms with E-state index < -0.39 is 5.97 Å². The predicted octanol–water partition coefficient (Wildman–Crippen LogP) is 0.354. The third-order valence-electron chi connectivity index (χ3n) is 2.08. The average molecular weight is 216 g/mol. The third-order valence-corrected chi connectivity index (χ3v) is 2.08. The van der Waals surface area contributed by atoms with Gasteiger partial charge in [-0.3, -0.25) is 9.59 Å². The molecule has 3 N–H and O–H groups in total. The summed E-state index contributed by atoms with van der Waals surface area (Å²) in [6, 6.07) is -0.336. The van der Waals surface area contributed by atoms with Crippen LogP contribution in [0.3, 0.4) is 0 Å². The Bertz CT molecular complexity index is 219. The topological polar surface area (TPSA) is 78.4 Å². The van der Waals surface area contributed by atoms with E-state index in [2.05, 4.69) is 10.6 Å². The van der Waals surface area contributed by atoms with E-state index in [0.29, 0.717) is 6.42 Å². The molecule has 0 radical (unpaired) electrons. The largest absolute Gasteiger partial charge is 0.481 e. The van der Waals surface area contributed by atoms with E-state index in [1.165, 1.54) is 0 Å². The standard InChI is InChI=1S/C10H20N2O3/c1-4-11-8(3)10(15)12-7(2)5-6-9(13)14/h7-8,11H,4-6H2,1-3H3,(H,12,15)(H,13,14). The molecule has 5 heteroatoms. The molecule has 0 saturated heterocycles. The minimum absolute atomic E-state index is 0.0804. The number of carboxylic acid groups (broad SMARTS) is 1. The van der Waals surface area contributed by atoms with E-state index in [-0.39, 0.29) is 24.4 Å². The SMILES string of the molecule is CCNC(C)C(=O)NC(C)CCC(=O)O. The van der Waals surface area contributed by atoms with Crippen LogP contribution in [0.1, 0.15) is 33.6 Å². The molecule has 0 aliphatic carbocycles. The van der Waals surface area contributed by atoms with Gasteiger partial charge in [-0.1, -0.05) is 6.92 Å². The van der Waals surface area contributed by atoms with Crippen molar-refractivity contribution >= 4 is 11.9 Å². The molecule has 2 unspecified atom stereocenters. The zero-order valence-corrected chi connectivity index (χ0v) is 9.54. The van der Waals surface area contributed by atoms with Crippen LogP contribution in [-0.2, 0) is 9.59 Å². The molecular formula is C10H20N2O3. The summed E-state index contributed by atoms with van der Waals surface area (Å²) in [5, 5.41) is 14.2. The lowest BCUT2D eigenvalue weighted by Gasteiger charge is -2.17. The molecule has 0 saturated carbocycles. The van der Waals surface area contributed by atoms with Gasteiger partial charge in [-0.2, -0.15) is 0 Å². The molecule has 0 rings (SSSR count). The second-order valence-corrected chi connectivity index (χ2v) is 3.62. The summed E-state index contributed by atoms with van der Waals surface area (Å²) in [6.07, 6.45) is 0.539. The van der Waals surface area contributed by atoms with Crippen molar-refractivity contribution in [3.8, 4) is 0 Å². The van der Waals surface area contributed by atoms with Gasteiger partial charge in [0.05, 0.1) is 6.04 Å². The Labute approximate surface area is 90.2 Å². The van der Waals surface area contributed by atoms with Crippen molar-refractivity contribution in [2.45, 2.75) is 45.7 Å². The molecule has 0 bridgehead atoms. The number of carbonyl (C=O) groups excluding carboxylic acids is 1. The Balaban J connectivity index is 3.79. The van der Waals surface area contributed by atoms with E-state index in [9.17, 15) is 9.59 Å². The zero-order chi connectivity index (χ0) is 11.8. The van der Waals surface area contributed by atoms with Crippen LogP contribution < -0.4 is 10.6 Å². The number of carboxylic acids is 1. The summed E-state index contributed by atoms with van der Waals surface area (Å²) >= 11 is 0. The van der Waals surface area contributed by atoms with Gasteiger partial charge in [0.15, 0.2) is 0 Å². The van der Waals surface area contributed by atoms with Crippen LogP contribution in [0.25, 0.3) is 0 Å². The molecule has 0 aromatic heterocycles. The van der Waals surface area contributed by atoms with Crippen LogP contribution in [0.5, 0.6) is 0 Å². The molecule has 0 aromatic carbocycles. The number of nitrogens with one attached hydrogen (secondary N) is 2. The van der Waals surface area contributed by atoms with Crippen molar-refractivity contribution in [1.82, 2.24) is 10.6 Å². The molecular weight excluding hydrogens is 196 g/mol. The number of aliphatic carboxylic acids is 1. The highest BCUT2D eigenvalue weighted by Gasteiger charge is 2.14. The minimum atomic E-state index is -0.837. The van der Waals surface area contributed by atoms with Crippen molar-refractivity contribution in [2.75, 3.05) is 6.54 Å². The molecule has 0 aromatic rings. The zero-order valence-electron chi connectivity index (χ0n) is 9.54. The second-order valence-electron chi connectivity index (χ2n) is 3.62. The molecule has 88 valence electrons. The minimum Gasteiger partial charge on any atom is -0.481 e. The molecule has 15 heavy (non-hydrogen) atoms. The highest BCUT2D eigenvalue weighted by Crippen LogP contribution is 1.96. The summed E-state index contributed by atoms with van der Waals surface area (Å²) < 4.78 is 0. The Morgan fingerprint density at radius 1 is 1.33 bits per heavy atom. The van der Waals surface area contributed by atoms with Gasteiger partial charge < -0.3 is 15.7 Å². The number of carbonyl (C=O) groups is 2. The molecule has 0 spiro atoms. The van der Waals surface area contributed by atoms with E-state index >= 15 is 0 Å². The van der Waals surface area contributed by atoms with Crippen LogP contribution in [-0.4, -0.2) is 35.6 Å². The average Bonchev–Trinajstić information content (AvgIpc) is 2.15. The van der Waals surface area contributed by atoms with Gasteiger partial charge in [-0.05, 0) is 26.8 Å². The fraction of sp³-hybridized carbons (Fsp3) is 0.800. The maximum Gasteiger partial charge on any atom is 0.303 e. The molecule has 1 amide bonds. The maximum atomic E-state index is 11.5. The summed E-state index contributed by atoms with van der Waals surface area (Å²) in [4.78, 5) is 21.8. The van der Waals surface area contributed by atoms with Crippen LogP contribution in [0, 0.1) is 0 Å². The number of rotatable bonds is 7. The maximum absolute atomic E-state index is 11.5. The lowest BCUT2D eigenvalue weighted by atomic mass is 10.1. The van der Waals surface area contributed by atoms with Gasteiger partial charge >= 0.3 is 5.97 Å². The molecule has 2 atom stereocenters. The van der Waals surface area contributed by atoms with Gasteiger partial charge in [-0.15, -0.1) is 0 Å². The lowest BCUT2D eigenvalue weighted by Crippen LogP contribution is -2.45. The van der Waals surface area contributed by atoms with Crippen LogP contribution >= 0.6 is 0 Å². The van der Waals surface area contributed by atoms with Gasteiger partial charge in [0.2, 0.25) is 5.91 Å². The number of hydrogen-bond acceptors (Lipinski definition) is 3. The van der Waals surface area contributed by atoms with Crippen molar-refractivity contribution in [1.29, 1.82) is 0 Å². The molecule has 5 nitrogen and oxygen atoms in total. The monoisotopic (exact) mass is 216 g/mol.